The van der Waals surface area contributed by atoms with Crippen molar-refractivity contribution in [2.45, 2.75) is 17.9 Å². The molecule has 88 valence electrons. The maximum absolute atomic E-state index is 11.3. The summed E-state index contributed by atoms with van der Waals surface area (Å²) in [7, 11) is -3.29. The van der Waals surface area contributed by atoms with E-state index in [1.54, 1.807) is 6.07 Å². The van der Waals surface area contributed by atoms with Gasteiger partial charge in [0.1, 0.15) is 10.4 Å². The summed E-state index contributed by atoms with van der Waals surface area (Å²) < 4.78 is 28.7. The number of pyridine rings is 1. The predicted octanol–water partition coefficient (Wildman–Crippen LogP) is 2.04. The van der Waals surface area contributed by atoms with Crippen molar-refractivity contribution in [3.8, 4) is 5.75 Å². The van der Waals surface area contributed by atoms with Gasteiger partial charge in [0.2, 0.25) is 0 Å². The van der Waals surface area contributed by atoms with Crippen LogP contribution >= 0.6 is 15.9 Å². The van der Waals surface area contributed by atoms with E-state index in [9.17, 15) is 8.42 Å². The summed E-state index contributed by atoms with van der Waals surface area (Å²) in [5.74, 6) is 1.18. The zero-order valence-corrected chi connectivity index (χ0v) is 11.2. The smallest absolute Gasteiger partial charge is 0.192 e. The topological polar surface area (TPSA) is 56.3 Å². The quantitative estimate of drug-likeness (QED) is 0.799. The first-order valence-corrected chi connectivity index (χ1v) is 7.64. The Hall–Kier alpha value is -0.620. The van der Waals surface area contributed by atoms with E-state index in [4.69, 9.17) is 4.74 Å². The van der Waals surface area contributed by atoms with Crippen LogP contribution in [-0.2, 0) is 9.84 Å². The van der Waals surface area contributed by atoms with E-state index in [0.29, 0.717) is 22.9 Å². The molecule has 0 radical (unpaired) electrons. The molecule has 0 spiro atoms. The Morgan fingerprint density at radius 3 is 2.75 bits per heavy atom. The molecular formula is C10H12BrNO3S. The highest BCUT2D eigenvalue weighted by atomic mass is 79.9. The number of ether oxygens (including phenoxy) is 1. The molecule has 0 N–H and O–H groups in total. The average Bonchev–Trinajstić information content (AvgIpc) is 2.96. The van der Waals surface area contributed by atoms with E-state index >= 15 is 0 Å². The molecule has 16 heavy (non-hydrogen) atoms. The average molecular weight is 306 g/mol. The first kappa shape index (κ1) is 11.9. The number of hydrogen-bond acceptors (Lipinski definition) is 4. The van der Waals surface area contributed by atoms with Gasteiger partial charge in [-0.25, -0.2) is 13.4 Å². The van der Waals surface area contributed by atoms with E-state index in [1.165, 1.54) is 18.9 Å². The van der Waals surface area contributed by atoms with Crippen LogP contribution in [0.3, 0.4) is 0 Å². The SMILES string of the molecule is CS(=O)(=O)c1cc(OCC2CC2)cc(Br)n1. The lowest BCUT2D eigenvalue weighted by Gasteiger charge is -2.07. The van der Waals surface area contributed by atoms with E-state index in [-0.39, 0.29) is 5.03 Å². The Balaban J connectivity index is 2.20. The van der Waals surface area contributed by atoms with Crippen molar-refractivity contribution in [1.29, 1.82) is 0 Å². The van der Waals surface area contributed by atoms with Crippen LogP contribution in [0.15, 0.2) is 21.8 Å². The fraction of sp³-hybridized carbons (Fsp3) is 0.500. The standard InChI is InChI=1S/C10H12BrNO3S/c1-16(13,14)10-5-8(4-9(11)12-10)15-6-7-2-3-7/h4-5,7H,2-3,6H2,1H3. The van der Waals surface area contributed by atoms with Crippen molar-refractivity contribution in [3.63, 3.8) is 0 Å². The maximum atomic E-state index is 11.3. The van der Waals surface area contributed by atoms with Crippen molar-refractivity contribution in [2.24, 2.45) is 5.92 Å². The van der Waals surface area contributed by atoms with Crippen LogP contribution in [0.4, 0.5) is 0 Å². The lowest BCUT2D eigenvalue weighted by Crippen LogP contribution is -2.04. The minimum atomic E-state index is -3.29. The van der Waals surface area contributed by atoms with Gasteiger partial charge in [0.05, 0.1) is 6.61 Å². The van der Waals surface area contributed by atoms with Gasteiger partial charge in [-0.05, 0) is 34.7 Å². The van der Waals surface area contributed by atoms with E-state index in [2.05, 4.69) is 20.9 Å². The molecule has 0 aromatic carbocycles. The molecule has 1 heterocycles. The number of aromatic nitrogens is 1. The molecule has 0 atom stereocenters. The summed E-state index contributed by atoms with van der Waals surface area (Å²) in [6.07, 6.45) is 3.53. The van der Waals surface area contributed by atoms with Crippen LogP contribution in [0, 0.1) is 5.92 Å². The second-order valence-electron chi connectivity index (χ2n) is 3.99. The van der Waals surface area contributed by atoms with Crippen LogP contribution in [0.2, 0.25) is 0 Å². The predicted molar refractivity (Wildman–Crippen MR) is 63.3 cm³/mol. The van der Waals surface area contributed by atoms with Crippen LogP contribution in [-0.4, -0.2) is 26.3 Å². The lowest BCUT2D eigenvalue weighted by molar-refractivity contribution is 0.298. The Labute approximate surface area is 103 Å². The number of sulfone groups is 1. The maximum Gasteiger partial charge on any atom is 0.192 e. The highest BCUT2D eigenvalue weighted by molar-refractivity contribution is 9.10. The largest absolute Gasteiger partial charge is 0.493 e. The summed E-state index contributed by atoms with van der Waals surface area (Å²) in [5, 5.41) is 0.0349. The molecule has 0 saturated heterocycles. The van der Waals surface area contributed by atoms with Gasteiger partial charge in [-0.2, -0.15) is 0 Å². The van der Waals surface area contributed by atoms with Gasteiger partial charge >= 0.3 is 0 Å². The van der Waals surface area contributed by atoms with Crippen LogP contribution in [0.1, 0.15) is 12.8 Å². The first-order chi connectivity index (χ1) is 7.45. The van der Waals surface area contributed by atoms with Gasteiger partial charge < -0.3 is 4.74 Å². The minimum absolute atomic E-state index is 0.0349. The summed E-state index contributed by atoms with van der Waals surface area (Å²) in [4.78, 5) is 3.90. The van der Waals surface area contributed by atoms with Gasteiger partial charge in [0, 0.05) is 18.4 Å². The second-order valence-corrected chi connectivity index (χ2v) is 6.77. The fourth-order valence-corrected chi connectivity index (χ4v) is 2.35. The van der Waals surface area contributed by atoms with Crippen molar-refractivity contribution < 1.29 is 13.2 Å². The van der Waals surface area contributed by atoms with E-state index in [1.807, 2.05) is 0 Å². The Kier molecular flexibility index (Phi) is 3.21. The second kappa shape index (κ2) is 4.33. The molecule has 1 aliphatic carbocycles. The molecule has 1 aliphatic rings. The number of halogens is 1. The Morgan fingerprint density at radius 2 is 2.19 bits per heavy atom. The zero-order chi connectivity index (χ0) is 11.8. The highest BCUT2D eigenvalue weighted by Crippen LogP contribution is 2.30. The van der Waals surface area contributed by atoms with Crippen LogP contribution in [0.25, 0.3) is 0 Å². The van der Waals surface area contributed by atoms with Gasteiger partial charge in [0.25, 0.3) is 0 Å². The van der Waals surface area contributed by atoms with Gasteiger partial charge in [-0.3, -0.25) is 0 Å². The van der Waals surface area contributed by atoms with Crippen molar-refractivity contribution in [1.82, 2.24) is 4.98 Å². The van der Waals surface area contributed by atoms with Crippen molar-refractivity contribution >= 4 is 25.8 Å². The van der Waals surface area contributed by atoms with Crippen molar-refractivity contribution in [3.05, 3.63) is 16.7 Å². The van der Waals surface area contributed by atoms with Gasteiger partial charge in [-0.1, -0.05) is 0 Å². The molecule has 0 aliphatic heterocycles. The van der Waals surface area contributed by atoms with E-state index < -0.39 is 9.84 Å². The van der Waals surface area contributed by atoms with Crippen molar-refractivity contribution in [2.75, 3.05) is 12.9 Å². The lowest BCUT2D eigenvalue weighted by atomic mass is 10.4. The molecule has 1 aromatic heterocycles. The fourth-order valence-electron chi connectivity index (χ4n) is 1.22. The molecule has 4 nitrogen and oxygen atoms in total. The molecule has 1 saturated carbocycles. The molecule has 1 aromatic rings. The molecule has 1 fully saturated rings. The summed E-state index contributed by atoms with van der Waals surface area (Å²) in [6, 6.07) is 3.14. The monoisotopic (exact) mass is 305 g/mol. The normalized spacial score (nSPS) is 16.1. The van der Waals surface area contributed by atoms with E-state index in [0.717, 1.165) is 6.26 Å². The molecule has 0 unspecified atom stereocenters. The summed E-state index contributed by atoms with van der Waals surface area (Å²) in [5.41, 5.74) is 0. The number of rotatable bonds is 4. The number of nitrogens with zero attached hydrogens (tertiary/aromatic N) is 1. The molecule has 6 heteroatoms. The van der Waals surface area contributed by atoms with Gasteiger partial charge in [-0.15, -0.1) is 0 Å². The van der Waals surface area contributed by atoms with Gasteiger partial charge in [0.15, 0.2) is 14.9 Å². The minimum Gasteiger partial charge on any atom is -0.493 e. The number of hydrogen-bond donors (Lipinski definition) is 0. The zero-order valence-electron chi connectivity index (χ0n) is 8.81. The Bertz CT molecular complexity index is 497. The third-order valence-corrected chi connectivity index (χ3v) is 3.68. The molecule has 0 amide bonds. The third-order valence-electron chi connectivity index (χ3n) is 2.31. The summed E-state index contributed by atoms with van der Waals surface area (Å²) in [6.45, 7) is 0.652. The summed E-state index contributed by atoms with van der Waals surface area (Å²) >= 11 is 3.17. The van der Waals surface area contributed by atoms with Crippen LogP contribution in [0.5, 0.6) is 5.75 Å². The molecular weight excluding hydrogens is 294 g/mol. The Morgan fingerprint density at radius 1 is 1.50 bits per heavy atom. The van der Waals surface area contributed by atoms with Crippen LogP contribution < -0.4 is 4.74 Å². The molecule has 0 bridgehead atoms. The highest BCUT2D eigenvalue weighted by Gasteiger charge is 2.22. The third kappa shape index (κ3) is 3.18. The molecule has 2 rings (SSSR count). The first-order valence-electron chi connectivity index (χ1n) is 4.95.